The minimum Gasteiger partial charge on any atom is -0.435 e. The third kappa shape index (κ3) is 3.82. The minimum atomic E-state index is -4.70. The second-order valence-corrected chi connectivity index (χ2v) is 6.17. The Bertz CT molecular complexity index is 984. The lowest BCUT2D eigenvalue weighted by Gasteiger charge is -2.18. The van der Waals surface area contributed by atoms with Crippen molar-refractivity contribution < 1.29 is 26.7 Å². The van der Waals surface area contributed by atoms with Crippen molar-refractivity contribution in [2.45, 2.75) is 39.6 Å². The van der Waals surface area contributed by atoms with Gasteiger partial charge in [-0.2, -0.15) is 26.5 Å². The van der Waals surface area contributed by atoms with Crippen LogP contribution < -0.4 is 10.1 Å². The Labute approximate surface area is 156 Å². The summed E-state index contributed by atoms with van der Waals surface area (Å²) in [5.74, 6) is -0.970. The number of aromatic nitrogens is 4. The van der Waals surface area contributed by atoms with Gasteiger partial charge in [0.25, 0.3) is 5.82 Å². The number of nitrogens with zero attached hydrogens (tertiary/aromatic N) is 4. The van der Waals surface area contributed by atoms with Gasteiger partial charge in [-0.05, 0) is 44.0 Å². The van der Waals surface area contributed by atoms with Crippen molar-refractivity contribution in [3.05, 3.63) is 46.8 Å². The van der Waals surface area contributed by atoms with Crippen LogP contribution in [-0.2, 0) is 6.18 Å². The van der Waals surface area contributed by atoms with Crippen LogP contribution in [0, 0.1) is 13.8 Å². The van der Waals surface area contributed by atoms with Crippen LogP contribution in [0.5, 0.6) is 5.75 Å². The van der Waals surface area contributed by atoms with E-state index in [1.807, 2.05) is 0 Å². The monoisotopic (exact) mass is 401 g/mol. The molecule has 28 heavy (non-hydrogen) atoms. The van der Waals surface area contributed by atoms with E-state index in [0.717, 1.165) is 0 Å². The van der Waals surface area contributed by atoms with Gasteiger partial charge in [0.05, 0.1) is 6.04 Å². The number of rotatable bonds is 5. The summed E-state index contributed by atoms with van der Waals surface area (Å²) in [6.45, 7) is 2.18. The molecule has 1 atom stereocenters. The standard InChI is InChI=1S/C17H16F5N5O/c1-8-9(2)14-24-25-15(17(20,21)22)27(14)26-13(8)23-10(3)11-4-6-12(7-5-11)28-16(18)19/h4-7,10,16H,1-3H3,(H,23,26). The molecule has 2 aromatic heterocycles. The Morgan fingerprint density at radius 3 is 2.25 bits per heavy atom. The molecule has 0 aliphatic heterocycles. The van der Waals surface area contributed by atoms with Gasteiger partial charge in [0, 0.05) is 5.56 Å². The third-order valence-electron chi connectivity index (χ3n) is 4.31. The van der Waals surface area contributed by atoms with Crippen molar-refractivity contribution >= 4 is 11.5 Å². The van der Waals surface area contributed by atoms with Gasteiger partial charge in [-0.3, -0.25) is 0 Å². The first-order valence-electron chi connectivity index (χ1n) is 8.19. The highest BCUT2D eigenvalue weighted by Crippen LogP contribution is 2.30. The number of anilines is 1. The van der Waals surface area contributed by atoms with E-state index in [2.05, 4.69) is 25.3 Å². The summed E-state index contributed by atoms with van der Waals surface area (Å²) in [7, 11) is 0. The maximum Gasteiger partial charge on any atom is 0.453 e. The predicted molar refractivity (Wildman–Crippen MR) is 90.4 cm³/mol. The van der Waals surface area contributed by atoms with Crippen LogP contribution in [0.3, 0.4) is 0 Å². The lowest BCUT2D eigenvalue weighted by Crippen LogP contribution is -2.16. The van der Waals surface area contributed by atoms with Crippen LogP contribution >= 0.6 is 0 Å². The van der Waals surface area contributed by atoms with Crippen molar-refractivity contribution in [1.29, 1.82) is 0 Å². The lowest BCUT2D eigenvalue weighted by atomic mass is 10.1. The summed E-state index contributed by atoms with van der Waals surface area (Å²) >= 11 is 0. The lowest BCUT2D eigenvalue weighted by molar-refractivity contribution is -0.146. The number of benzene rings is 1. The zero-order valence-corrected chi connectivity index (χ0v) is 15.1. The van der Waals surface area contributed by atoms with Crippen molar-refractivity contribution in [3.8, 4) is 5.75 Å². The average molecular weight is 401 g/mol. The Morgan fingerprint density at radius 2 is 1.68 bits per heavy atom. The van der Waals surface area contributed by atoms with Crippen LogP contribution in [0.2, 0.25) is 0 Å². The summed E-state index contributed by atoms with van der Waals surface area (Å²) in [4.78, 5) is 0. The summed E-state index contributed by atoms with van der Waals surface area (Å²) < 4.78 is 68.8. The maximum absolute atomic E-state index is 13.1. The first-order chi connectivity index (χ1) is 13.1. The number of aryl methyl sites for hydroxylation is 1. The number of ether oxygens (including phenoxy) is 1. The molecular formula is C17H16F5N5O. The van der Waals surface area contributed by atoms with Gasteiger partial charge < -0.3 is 10.1 Å². The molecule has 0 aliphatic rings. The number of hydrogen-bond donors (Lipinski definition) is 1. The second kappa shape index (κ2) is 7.21. The molecular weight excluding hydrogens is 385 g/mol. The van der Waals surface area contributed by atoms with Gasteiger partial charge in [0.2, 0.25) is 0 Å². The molecule has 0 radical (unpaired) electrons. The molecule has 2 heterocycles. The summed E-state index contributed by atoms with van der Waals surface area (Å²) in [6, 6.07) is 5.56. The topological polar surface area (TPSA) is 64.3 Å². The predicted octanol–water partition coefficient (Wildman–Crippen LogP) is 4.53. The van der Waals surface area contributed by atoms with E-state index in [1.54, 1.807) is 32.9 Å². The molecule has 0 saturated heterocycles. The average Bonchev–Trinajstić information content (AvgIpc) is 3.03. The molecule has 1 aromatic carbocycles. The zero-order chi connectivity index (χ0) is 20.6. The molecule has 0 bridgehead atoms. The molecule has 0 amide bonds. The molecule has 0 spiro atoms. The Hall–Kier alpha value is -2.98. The Balaban J connectivity index is 1.92. The van der Waals surface area contributed by atoms with E-state index in [4.69, 9.17) is 0 Å². The largest absolute Gasteiger partial charge is 0.453 e. The minimum absolute atomic E-state index is 0.0110. The van der Waals surface area contributed by atoms with Crippen molar-refractivity contribution in [2.24, 2.45) is 0 Å². The van der Waals surface area contributed by atoms with Crippen molar-refractivity contribution in [3.63, 3.8) is 0 Å². The summed E-state index contributed by atoms with van der Waals surface area (Å²) in [5.41, 5.74) is 1.86. The molecule has 150 valence electrons. The molecule has 11 heteroatoms. The van der Waals surface area contributed by atoms with E-state index in [1.165, 1.54) is 12.1 Å². The number of fused-ring (bicyclic) bond motifs is 1. The quantitative estimate of drug-likeness (QED) is 0.637. The van der Waals surface area contributed by atoms with E-state index < -0.39 is 18.6 Å². The van der Waals surface area contributed by atoms with Gasteiger partial charge in [-0.15, -0.1) is 15.3 Å². The van der Waals surface area contributed by atoms with Crippen LogP contribution in [-0.4, -0.2) is 26.4 Å². The third-order valence-corrected chi connectivity index (χ3v) is 4.31. The second-order valence-electron chi connectivity index (χ2n) is 6.17. The zero-order valence-electron chi connectivity index (χ0n) is 15.1. The molecule has 0 fully saturated rings. The Kier molecular flexibility index (Phi) is 5.09. The van der Waals surface area contributed by atoms with Gasteiger partial charge in [-0.1, -0.05) is 12.1 Å². The molecule has 3 rings (SSSR count). The smallest absolute Gasteiger partial charge is 0.435 e. The van der Waals surface area contributed by atoms with Gasteiger partial charge >= 0.3 is 12.8 Å². The maximum atomic E-state index is 13.1. The van der Waals surface area contributed by atoms with Crippen LogP contribution in [0.4, 0.5) is 27.8 Å². The van der Waals surface area contributed by atoms with E-state index in [9.17, 15) is 22.0 Å². The highest BCUT2D eigenvalue weighted by Gasteiger charge is 2.38. The summed E-state index contributed by atoms with van der Waals surface area (Å²) in [5, 5.41) is 13.9. The van der Waals surface area contributed by atoms with Crippen molar-refractivity contribution in [2.75, 3.05) is 5.32 Å². The van der Waals surface area contributed by atoms with E-state index in [0.29, 0.717) is 21.2 Å². The number of alkyl halides is 5. The first-order valence-corrected chi connectivity index (χ1v) is 8.19. The molecule has 0 aliphatic carbocycles. The SMILES string of the molecule is Cc1c(NC(C)c2ccc(OC(F)F)cc2)nn2c(C(F)(F)F)nnc2c1C. The van der Waals surface area contributed by atoms with Gasteiger partial charge in [0.1, 0.15) is 5.75 Å². The molecule has 1 unspecified atom stereocenters. The van der Waals surface area contributed by atoms with Gasteiger partial charge in [0.15, 0.2) is 11.5 Å². The van der Waals surface area contributed by atoms with Crippen LogP contribution in [0.25, 0.3) is 5.65 Å². The molecule has 6 nitrogen and oxygen atoms in total. The normalized spacial score (nSPS) is 13.2. The fourth-order valence-electron chi connectivity index (χ4n) is 2.67. The molecule has 3 aromatic rings. The molecule has 0 saturated carbocycles. The highest BCUT2D eigenvalue weighted by molar-refractivity contribution is 5.58. The van der Waals surface area contributed by atoms with Crippen LogP contribution in [0.1, 0.15) is 35.5 Å². The summed E-state index contributed by atoms with van der Waals surface area (Å²) in [6.07, 6.45) is -4.70. The number of halogens is 5. The van der Waals surface area contributed by atoms with Gasteiger partial charge in [-0.25, -0.2) is 0 Å². The molecule has 1 N–H and O–H groups in total. The van der Waals surface area contributed by atoms with Crippen molar-refractivity contribution in [1.82, 2.24) is 19.8 Å². The fourth-order valence-corrected chi connectivity index (χ4v) is 2.67. The number of hydrogen-bond acceptors (Lipinski definition) is 5. The fraction of sp³-hybridized carbons (Fsp3) is 0.353. The van der Waals surface area contributed by atoms with E-state index in [-0.39, 0.29) is 23.3 Å². The van der Waals surface area contributed by atoms with Crippen LogP contribution in [0.15, 0.2) is 24.3 Å². The number of nitrogens with one attached hydrogen (secondary N) is 1. The Morgan fingerprint density at radius 1 is 1.04 bits per heavy atom. The van der Waals surface area contributed by atoms with E-state index >= 15 is 0 Å². The first kappa shape index (κ1) is 19.8. The highest BCUT2D eigenvalue weighted by atomic mass is 19.4.